The molecule has 0 radical (unpaired) electrons. The van der Waals surface area contributed by atoms with Crippen LogP contribution in [-0.2, 0) is 6.42 Å². The van der Waals surface area contributed by atoms with E-state index in [0.717, 1.165) is 51.5 Å². The number of carbonyl (C=O) groups is 1. The molecule has 5 heteroatoms. The standard InChI is InChI=1S/C24H40N4O/c1-26(2)20-23(18-21-10-5-3-6-11-21)25-24(29)28-15-9-14-27(16-17-28)19-22-12-7-4-8-13-22/h3,5-6,10-11,22-23H,4,7-9,12-20H2,1-2H3,(H,25,29). The monoisotopic (exact) mass is 400 g/mol. The summed E-state index contributed by atoms with van der Waals surface area (Å²) in [4.78, 5) is 19.8. The van der Waals surface area contributed by atoms with Crippen LogP contribution in [0.2, 0.25) is 0 Å². The summed E-state index contributed by atoms with van der Waals surface area (Å²) in [6.45, 7) is 5.94. The molecule has 0 aromatic heterocycles. The van der Waals surface area contributed by atoms with Crippen molar-refractivity contribution in [3.05, 3.63) is 35.9 Å². The summed E-state index contributed by atoms with van der Waals surface area (Å²) in [5.41, 5.74) is 1.27. The van der Waals surface area contributed by atoms with Gasteiger partial charge in [-0.15, -0.1) is 0 Å². The van der Waals surface area contributed by atoms with E-state index in [1.807, 2.05) is 11.0 Å². The molecule has 1 aliphatic heterocycles. The molecule has 5 nitrogen and oxygen atoms in total. The maximum atomic E-state index is 13.0. The predicted molar refractivity (Wildman–Crippen MR) is 120 cm³/mol. The van der Waals surface area contributed by atoms with Crippen LogP contribution in [0.4, 0.5) is 4.79 Å². The summed E-state index contributed by atoms with van der Waals surface area (Å²) in [5.74, 6) is 0.875. The third-order valence-electron chi connectivity index (χ3n) is 6.35. The minimum Gasteiger partial charge on any atom is -0.334 e. The lowest BCUT2D eigenvalue weighted by Gasteiger charge is -2.29. The molecule has 3 rings (SSSR count). The van der Waals surface area contributed by atoms with Crippen molar-refractivity contribution in [3.63, 3.8) is 0 Å². The van der Waals surface area contributed by atoms with Crippen LogP contribution in [0.1, 0.15) is 44.1 Å². The largest absolute Gasteiger partial charge is 0.334 e. The van der Waals surface area contributed by atoms with Gasteiger partial charge in [-0.2, -0.15) is 0 Å². The first-order valence-corrected chi connectivity index (χ1v) is 11.6. The highest BCUT2D eigenvalue weighted by atomic mass is 16.2. The minimum absolute atomic E-state index is 0.104. The van der Waals surface area contributed by atoms with Crippen molar-refractivity contribution in [2.24, 2.45) is 5.92 Å². The average molecular weight is 401 g/mol. The third-order valence-corrected chi connectivity index (χ3v) is 6.35. The molecule has 1 heterocycles. The van der Waals surface area contributed by atoms with Gasteiger partial charge in [-0.1, -0.05) is 49.6 Å². The van der Waals surface area contributed by atoms with Crippen LogP contribution in [0.3, 0.4) is 0 Å². The quantitative estimate of drug-likeness (QED) is 0.762. The summed E-state index contributed by atoms with van der Waals surface area (Å²) >= 11 is 0. The Balaban J connectivity index is 1.49. The fraction of sp³-hybridized carbons (Fsp3) is 0.708. The van der Waals surface area contributed by atoms with E-state index < -0.39 is 0 Å². The molecule has 0 bridgehead atoms. The number of benzene rings is 1. The number of likely N-dealkylation sites (N-methyl/N-ethyl adjacent to an activating group) is 1. The van der Waals surface area contributed by atoms with Crippen molar-refractivity contribution in [3.8, 4) is 0 Å². The van der Waals surface area contributed by atoms with Crippen molar-refractivity contribution in [2.75, 3.05) is 53.4 Å². The topological polar surface area (TPSA) is 38.8 Å². The predicted octanol–water partition coefficient (Wildman–Crippen LogP) is 3.46. The Kier molecular flexibility index (Phi) is 8.81. The van der Waals surface area contributed by atoms with Gasteiger partial charge in [0.05, 0.1) is 0 Å². The molecule has 2 fully saturated rings. The molecule has 1 unspecified atom stereocenters. The molecule has 162 valence electrons. The number of nitrogens with one attached hydrogen (secondary N) is 1. The van der Waals surface area contributed by atoms with E-state index >= 15 is 0 Å². The molecule has 1 N–H and O–H groups in total. The molecule has 1 aromatic carbocycles. The first-order valence-electron chi connectivity index (χ1n) is 11.6. The summed E-state index contributed by atoms with van der Waals surface area (Å²) in [7, 11) is 4.14. The maximum absolute atomic E-state index is 13.0. The number of nitrogens with zero attached hydrogens (tertiary/aromatic N) is 3. The molecule has 2 amide bonds. The smallest absolute Gasteiger partial charge is 0.317 e. The lowest BCUT2D eigenvalue weighted by atomic mass is 9.89. The Hall–Kier alpha value is -1.59. The van der Waals surface area contributed by atoms with Gasteiger partial charge in [0.15, 0.2) is 0 Å². The lowest BCUT2D eigenvalue weighted by molar-refractivity contribution is 0.185. The normalized spacial score (nSPS) is 20.4. The van der Waals surface area contributed by atoms with Gasteiger partial charge in [-0.3, -0.25) is 0 Å². The van der Waals surface area contributed by atoms with Gasteiger partial charge >= 0.3 is 6.03 Å². The van der Waals surface area contributed by atoms with Gasteiger partial charge in [0.2, 0.25) is 0 Å². The molecule has 1 aromatic rings. The van der Waals surface area contributed by atoms with Crippen molar-refractivity contribution in [2.45, 2.75) is 51.0 Å². The van der Waals surface area contributed by atoms with Crippen LogP contribution in [0.5, 0.6) is 0 Å². The summed E-state index contributed by atoms with van der Waals surface area (Å²) < 4.78 is 0. The number of rotatable bonds is 7. The SMILES string of the molecule is CN(C)CC(Cc1ccccc1)NC(=O)N1CCCN(CC2CCCCC2)CC1. The summed E-state index contributed by atoms with van der Waals surface area (Å²) in [6, 6.07) is 10.7. The molecular formula is C24H40N4O. The van der Waals surface area contributed by atoms with Crippen LogP contribution in [0.25, 0.3) is 0 Å². The first-order chi connectivity index (χ1) is 14.1. The average Bonchev–Trinajstić information content (AvgIpc) is 2.95. The van der Waals surface area contributed by atoms with Crippen molar-refractivity contribution in [1.82, 2.24) is 20.0 Å². The molecule has 1 saturated carbocycles. The zero-order valence-corrected chi connectivity index (χ0v) is 18.5. The number of urea groups is 1. The molecule has 0 spiro atoms. The van der Waals surface area contributed by atoms with E-state index in [-0.39, 0.29) is 12.1 Å². The van der Waals surface area contributed by atoms with Crippen LogP contribution in [0, 0.1) is 5.92 Å². The molecule has 1 saturated heterocycles. The molecule has 29 heavy (non-hydrogen) atoms. The van der Waals surface area contributed by atoms with Crippen LogP contribution < -0.4 is 5.32 Å². The lowest BCUT2D eigenvalue weighted by Crippen LogP contribution is -2.50. The minimum atomic E-state index is 0.104. The van der Waals surface area contributed by atoms with Crippen molar-refractivity contribution in [1.29, 1.82) is 0 Å². The van der Waals surface area contributed by atoms with Gasteiger partial charge in [0, 0.05) is 38.8 Å². The Morgan fingerprint density at radius 3 is 2.52 bits per heavy atom. The third kappa shape index (κ3) is 7.63. The molecule has 1 aliphatic carbocycles. The van der Waals surface area contributed by atoms with E-state index in [4.69, 9.17) is 0 Å². The van der Waals surface area contributed by atoms with Crippen molar-refractivity contribution >= 4 is 6.03 Å². The highest BCUT2D eigenvalue weighted by Crippen LogP contribution is 2.24. The molecule has 1 atom stereocenters. The Labute approximate surface area is 177 Å². The fourth-order valence-electron chi connectivity index (χ4n) is 4.86. The van der Waals surface area contributed by atoms with Gasteiger partial charge in [-0.05, 0) is 57.8 Å². The Morgan fingerprint density at radius 1 is 1.03 bits per heavy atom. The van der Waals surface area contributed by atoms with Gasteiger partial charge in [-0.25, -0.2) is 4.79 Å². The van der Waals surface area contributed by atoms with E-state index in [2.05, 4.69) is 53.5 Å². The molecular weight excluding hydrogens is 360 g/mol. The summed E-state index contributed by atoms with van der Waals surface area (Å²) in [5, 5.41) is 3.32. The zero-order chi connectivity index (χ0) is 20.5. The highest BCUT2D eigenvalue weighted by Gasteiger charge is 2.24. The van der Waals surface area contributed by atoms with E-state index in [9.17, 15) is 4.79 Å². The molecule has 2 aliphatic rings. The van der Waals surface area contributed by atoms with Crippen LogP contribution in [0.15, 0.2) is 30.3 Å². The Bertz CT molecular complexity index is 600. The number of amides is 2. The van der Waals surface area contributed by atoms with Gasteiger partial charge in [0.25, 0.3) is 0 Å². The van der Waals surface area contributed by atoms with Gasteiger partial charge < -0.3 is 20.0 Å². The van der Waals surface area contributed by atoms with Crippen LogP contribution in [-0.4, -0.2) is 80.1 Å². The van der Waals surface area contributed by atoms with Crippen LogP contribution >= 0.6 is 0 Å². The second-order valence-corrected chi connectivity index (χ2v) is 9.24. The Morgan fingerprint density at radius 2 is 1.79 bits per heavy atom. The van der Waals surface area contributed by atoms with E-state index in [1.54, 1.807) is 0 Å². The first kappa shape index (κ1) is 22.1. The second-order valence-electron chi connectivity index (χ2n) is 9.24. The van der Waals surface area contributed by atoms with Crippen molar-refractivity contribution < 1.29 is 4.79 Å². The fourth-order valence-corrected chi connectivity index (χ4v) is 4.86. The highest BCUT2D eigenvalue weighted by molar-refractivity contribution is 5.74. The van der Waals surface area contributed by atoms with E-state index in [0.29, 0.717) is 0 Å². The number of carbonyl (C=O) groups excluding carboxylic acids is 1. The van der Waals surface area contributed by atoms with Gasteiger partial charge in [0.1, 0.15) is 0 Å². The second kappa shape index (κ2) is 11.6. The maximum Gasteiger partial charge on any atom is 0.317 e. The zero-order valence-electron chi connectivity index (χ0n) is 18.5. The number of hydrogen-bond acceptors (Lipinski definition) is 3. The number of hydrogen-bond donors (Lipinski definition) is 1. The van der Waals surface area contributed by atoms with E-state index in [1.165, 1.54) is 44.2 Å². The summed E-state index contributed by atoms with van der Waals surface area (Å²) in [6.07, 6.45) is 8.97.